The summed E-state index contributed by atoms with van der Waals surface area (Å²) >= 11 is 0. The van der Waals surface area contributed by atoms with Crippen LogP contribution in [0.3, 0.4) is 0 Å². The van der Waals surface area contributed by atoms with Gasteiger partial charge in [-0.15, -0.1) is 12.4 Å². The maximum atomic E-state index is 9.04. The predicted molar refractivity (Wildman–Crippen MR) is 57.8 cm³/mol. The van der Waals surface area contributed by atoms with Crippen molar-refractivity contribution in [3.8, 4) is 5.75 Å². The minimum atomic E-state index is -0.168. The van der Waals surface area contributed by atoms with Crippen LogP contribution in [0.15, 0.2) is 24.3 Å². The van der Waals surface area contributed by atoms with Gasteiger partial charge in [-0.05, 0) is 24.3 Å². The Kier molecular flexibility index (Phi) is 3.61. The van der Waals surface area contributed by atoms with Gasteiger partial charge in [-0.3, -0.25) is 0 Å². The van der Waals surface area contributed by atoms with Gasteiger partial charge in [0.1, 0.15) is 11.9 Å². The van der Waals surface area contributed by atoms with Crippen LogP contribution < -0.4 is 10.5 Å². The Labute approximate surface area is 89.3 Å². The lowest BCUT2D eigenvalue weighted by atomic mass is 9.92. The lowest BCUT2D eigenvalue weighted by Crippen LogP contribution is -2.37. The minimum Gasteiger partial charge on any atom is -0.490 e. The van der Waals surface area contributed by atoms with Crippen LogP contribution in [0.1, 0.15) is 12.8 Å². The molecule has 1 fully saturated rings. The van der Waals surface area contributed by atoms with Gasteiger partial charge in [0, 0.05) is 18.5 Å². The van der Waals surface area contributed by atoms with Crippen molar-refractivity contribution in [2.75, 3.05) is 5.73 Å². The standard InChI is InChI=1S/C10H13NO2.ClH/c11-7-1-3-9(4-2-7)13-10-5-8(12)6-10;/h1-4,8,10,12H,5-6,11H2;1H. The number of rotatable bonds is 2. The topological polar surface area (TPSA) is 55.5 Å². The Hall–Kier alpha value is -0.930. The van der Waals surface area contributed by atoms with Crippen LogP contribution in [0.4, 0.5) is 5.69 Å². The van der Waals surface area contributed by atoms with E-state index in [0.29, 0.717) is 0 Å². The summed E-state index contributed by atoms with van der Waals surface area (Å²) in [5.74, 6) is 0.825. The van der Waals surface area contributed by atoms with Crippen molar-refractivity contribution < 1.29 is 9.84 Å². The lowest BCUT2D eigenvalue weighted by Gasteiger charge is -2.31. The minimum absolute atomic E-state index is 0. The SMILES string of the molecule is Cl.Nc1ccc(OC2CC(O)C2)cc1. The zero-order valence-corrected chi connectivity index (χ0v) is 8.54. The van der Waals surface area contributed by atoms with Crippen LogP contribution >= 0.6 is 12.4 Å². The first-order valence-electron chi connectivity index (χ1n) is 4.44. The Balaban J connectivity index is 0.000000980. The van der Waals surface area contributed by atoms with Gasteiger partial charge in [-0.1, -0.05) is 0 Å². The fraction of sp³-hybridized carbons (Fsp3) is 0.400. The van der Waals surface area contributed by atoms with Crippen molar-refractivity contribution in [3.05, 3.63) is 24.3 Å². The maximum Gasteiger partial charge on any atom is 0.119 e. The molecule has 0 amide bonds. The monoisotopic (exact) mass is 215 g/mol. The Morgan fingerprint density at radius 2 is 1.79 bits per heavy atom. The van der Waals surface area contributed by atoms with E-state index >= 15 is 0 Å². The van der Waals surface area contributed by atoms with Crippen molar-refractivity contribution in [1.29, 1.82) is 0 Å². The zero-order valence-electron chi connectivity index (χ0n) is 7.72. The van der Waals surface area contributed by atoms with E-state index in [1.807, 2.05) is 24.3 Å². The van der Waals surface area contributed by atoms with Gasteiger partial charge >= 0.3 is 0 Å². The molecule has 0 spiro atoms. The molecule has 1 aliphatic carbocycles. The van der Waals surface area contributed by atoms with E-state index in [1.54, 1.807) is 0 Å². The van der Waals surface area contributed by atoms with Crippen LogP contribution in [0.5, 0.6) is 5.75 Å². The largest absolute Gasteiger partial charge is 0.490 e. The number of hydrogen-bond donors (Lipinski definition) is 2. The van der Waals surface area contributed by atoms with Gasteiger partial charge < -0.3 is 15.6 Å². The second kappa shape index (κ2) is 4.53. The van der Waals surface area contributed by atoms with Gasteiger partial charge in [0.25, 0.3) is 0 Å². The summed E-state index contributed by atoms with van der Waals surface area (Å²) in [6.45, 7) is 0. The Bertz CT molecular complexity index is 283. The smallest absolute Gasteiger partial charge is 0.119 e. The van der Waals surface area contributed by atoms with Crippen LogP contribution in [-0.2, 0) is 0 Å². The molecule has 1 aliphatic rings. The number of hydrogen-bond acceptors (Lipinski definition) is 3. The van der Waals surface area contributed by atoms with Crippen LogP contribution in [0.2, 0.25) is 0 Å². The molecule has 4 heteroatoms. The molecule has 14 heavy (non-hydrogen) atoms. The first-order chi connectivity index (χ1) is 6.24. The molecule has 0 aromatic heterocycles. The molecule has 1 aromatic carbocycles. The fourth-order valence-corrected chi connectivity index (χ4v) is 1.37. The van der Waals surface area contributed by atoms with Crippen LogP contribution in [-0.4, -0.2) is 17.3 Å². The molecule has 0 unspecified atom stereocenters. The molecule has 1 aromatic rings. The van der Waals surface area contributed by atoms with E-state index in [2.05, 4.69) is 0 Å². The van der Waals surface area contributed by atoms with Crippen molar-refractivity contribution in [3.63, 3.8) is 0 Å². The van der Waals surface area contributed by atoms with Gasteiger partial charge in [-0.25, -0.2) is 0 Å². The van der Waals surface area contributed by atoms with Crippen molar-refractivity contribution in [2.24, 2.45) is 0 Å². The number of halogens is 1. The number of nitrogens with two attached hydrogens (primary N) is 1. The number of aliphatic hydroxyl groups is 1. The Morgan fingerprint density at radius 3 is 2.29 bits per heavy atom. The maximum absolute atomic E-state index is 9.04. The van der Waals surface area contributed by atoms with Crippen molar-refractivity contribution in [2.45, 2.75) is 25.0 Å². The van der Waals surface area contributed by atoms with Gasteiger partial charge in [-0.2, -0.15) is 0 Å². The summed E-state index contributed by atoms with van der Waals surface area (Å²) < 4.78 is 5.56. The highest BCUT2D eigenvalue weighted by atomic mass is 35.5. The first-order valence-corrected chi connectivity index (χ1v) is 4.44. The molecule has 3 nitrogen and oxygen atoms in total. The summed E-state index contributed by atoms with van der Waals surface area (Å²) in [5.41, 5.74) is 6.27. The van der Waals surface area contributed by atoms with Crippen LogP contribution in [0, 0.1) is 0 Å². The van der Waals surface area contributed by atoms with E-state index in [9.17, 15) is 0 Å². The molecule has 2 rings (SSSR count). The molecule has 0 saturated heterocycles. The van der Waals surface area contributed by atoms with E-state index in [4.69, 9.17) is 15.6 Å². The molecule has 0 atom stereocenters. The lowest BCUT2D eigenvalue weighted by molar-refractivity contribution is -0.0107. The van der Waals surface area contributed by atoms with Gasteiger partial charge in [0.15, 0.2) is 0 Å². The Morgan fingerprint density at radius 1 is 1.21 bits per heavy atom. The number of benzene rings is 1. The first kappa shape index (κ1) is 11.1. The van der Waals surface area contributed by atoms with Crippen molar-refractivity contribution >= 4 is 18.1 Å². The molecule has 3 N–H and O–H groups in total. The quantitative estimate of drug-likeness (QED) is 0.737. The summed E-state index contributed by atoms with van der Waals surface area (Å²) in [4.78, 5) is 0. The van der Waals surface area contributed by atoms with Gasteiger partial charge in [0.2, 0.25) is 0 Å². The predicted octanol–water partition coefficient (Wildman–Crippen LogP) is 1.59. The molecular weight excluding hydrogens is 202 g/mol. The van der Waals surface area contributed by atoms with E-state index in [-0.39, 0.29) is 24.6 Å². The molecule has 78 valence electrons. The average molecular weight is 216 g/mol. The normalized spacial score (nSPS) is 24.6. The van der Waals surface area contributed by atoms with E-state index < -0.39 is 0 Å². The molecule has 0 bridgehead atoms. The molecule has 1 saturated carbocycles. The van der Waals surface area contributed by atoms with E-state index in [1.165, 1.54) is 0 Å². The fourth-order valence-electron chi connectivity index (χ4n) is 1.37. The molecule has 0 radical (unpaired) electrons. The molecule has 0 heterocycles. The number of ether oxygens (including phenoxy) is 1. The third-order valence-corrected chi connectivity index (χ3v) is 2.25. The number of aliphatic hydroxyl groups excluding tert-OH is 1. The van der Waals surface area contributed by atoms with Gasteiger partial charge in [0.05, 0.1) is 6.10 Å². The number of anilines is 1. The summed E-state index contributed by atoms with van der Waals surface area (Å²) in [6.07, 6.45) is 1.49. The third kappa shape index (κ3) is 2.53. The third-order valence-electron chi connectivity index (χ3n) is 2.25. The number of nitrogen functional groups attached to an aromatic ring is 1. The summed E-state index contributed by atoms with van der Waals surface area (Å²) in [5, 5.41) is 9.04. The highest BCUT2D eigenvalue weighted by molar-refractivity contribution is 5.85. The average Bonchev–Trinajstić information content (AvgIpc) is 2.06. The van der Waals surface area contributed by atoms with Crippen molar-refractivity contribution in [1.82, 2.24) is 0 Å². The summed E-state index contributed by atoms with van der Waals surface area (Å²) in [6, 6.07) is 7.31. The molecule has 0 aliphatic heterocycles. The van der Waals surface area contributed by atoms with Crippen LogP contribution in [0.25, 0.3) is 0 Å². The highest BCUT2D eigenvalue weighted by Crippen LogP contribution is 2.25. The second-order valence-corrected chi connectivity index (χ2v) is 3.43. The second-order valence-electron chi connectivity index (χ2n) is 3.43. The molecular formula is C10H14ClNO2. The summed E-state index contributed by atoms with van der Waals surface area (Å²) in [7, 11) is 0. The zero-order chi connectivity index (χ0) is 9.26. The highest BCUT2D eigenvalue weighted by Gasteiger charge is 2.28. The van der Waals surface area contributed by atoms with E-state index in [0.717, 1.165) is 24.3 Å².